The fraction of sp³-hybridized carbons (Fsp3) is 0. The molecule has 0 aliphatic heterocycles. The molecule has 0 aliphatic rings. The van der Waals surface area contributed by atoms with Gasteiger partial charge in [0.25, 0.3) is 0 Å². The minimum atomic E-state index is -0.277. The van der Waals surface area contributed by atoms with Crippen molar-refractivity contribution in [3.63, 3.8) is 0 Å². The van der Waals surface area contributed by atoms with Gasteiger partial charge in [0.15, 0.2) is 11.3 Å². The third-order valence-electron chi connectivity index (χ3n) is 1.16. The van der Waals surface area contributed by atoms with Crippen LogP contribution in [0, 0.1) is 0 Å². The molecular weight excluding hydrogens is 203 g/mol. The van der Waals surface area contributed by atoms with E-state index in [2.05, 4.69) is 19.9 Å². The summed E-state index contributed by atoms with van der Waals surface area (Å²) in [5.74, 6) is 0. The zero-order valence-corrected chi connectivity index (χ0v) is 7.41. The summed E-state index contributed by atoms with van der Waals surface area (Å²) in [6, 6.07) is 0. The first-order valence-corrected chi connectivity index (χ1v) is 2.75. The molecule has 2 heterocycles. The normalized spacial score (nSPS) is 8.67. The van der Waals surface area contributed by atoms with Gasteiger partial charge in [-0.3, -0.25) is 9.97 Å². The maximum atomic E-state index is 10.6. The molecule has 0 radical (unpaired) electrons. The molecule has 0 bridgehead atoms. The van der Waals surface area contributed by atoms with Crippen molar-refractivity contribution in [3.8, 4) is 0 Å². The van der Waals surface area contributed by atoms with Crippen LogP contribution in [-0.4, -0.2) is 19.9 Å². The first kappa shape index (κ1) is 10.9. The Balaban J connectivity index is 0.000000605. The molecule has 0 aromatic carbocycles. The quantitative estimate of drug-likeness (QED) is 0.662. The lowest BCUT2D eigenvalue weighted by molar-refractivity contribution is 1.20. The molecule has 0 saturated carbocycles. The average Bonchev–Trinajstić information content (AvgIpc) is 2.27. The van der Waals surface area contributed by atoms with Gasteiger partial charge in [-0.2, -0.15) is 0 Å². The van der Waals surface area contributed by atoms with E-state index in [1.807, 2.05) is 0 Å². The smallest absolute Gasteiger partial charge is 0.289 e. The van der Waals surface area contributed by atoms with Crippen molar-refractivity contribution in [1.82, 2.24) is 19.9 Å². The van der Waals surface area contributed by atoms with Crippen molar-refractivity contribution < 1.29 is 0 Å². The summed E-state index contributed by atoms with van der Waals surface area (Å²) in [5, 5.41) is 0. The molecule has 0 saturated heterocycles. The number of nitrogens with one attached hydrogen (secondary N) is 2. The highest BCUT2D eigenvalue weighted by atomic mass is 35.5. The van der Waals surface area contributed by atoms with Gasteiger partial charge in [-0.15, -0.1) is 24.8 Å². The van der Waals surface area contributed by atoms with E-state index >= 15 is 0 Å². The largest absolute Gasteiger partial charge is 0.326 e. The predicted octanol–water partition coefficient (Wildman–Crippen LogP) is 0.490. The van der Waals surface area contributed by atoms with Crippen molar-refractivity contribution in [2.24, 2.45) is 0 Å². The minimum Gasteiger partial charge on any atom is -0.289 e. The molecule has 0 aliphatic carbocycles. The molecule has 0 fully saturated rings. The Bertz CT molecular complexity index is 373. The molecule has 2 N–H and O–H groups in total. The summed E-state index contributed by atoms with van der Waals surface area (Å²) in [6.07, 6.45) is 3.04. The van der Waals surface area contributed by atoms with Crippen LogP contribution in [0.2, 0.25) is 0 Å². The Morgan fingerprint density at radius 1 is 1.00 bits per heavy atom. The maximum Gasteiger partial charge on any atom is 0.326 e. The van der Waals surface area contributed by atoms with Gasteiger partial charge in [0.05, 0.1) is 0 Å². The number of fused-ring (bicyclic) bond motifs is 1. The van der Waals surface area contributed by atoms with Gasteiger partial charge in [0.2, 0.25) is 0 Å². The van der Waals surface area contributed by atoms with Crippen LogP contribution in [0.15, 0.2) is 17.2 Å². The van der Waals surface area contributed by atoms with Crippen LogP contribution < -0.4 is 5.69 Å². The molecule has 2 rings (SSSR count). The number of hydrogen-bond acceptors (Lipinski definition) is 3. The number of rotatable bonds is 0. The van der Waals surface area contributed by atoms with E-state index in [9.17, 15) is 4.79 Å². The van der Waals surface area contributed by atoms with E-state index in [1.54, 1.807) is 0 Å². The zero-order chi connectivity index (χ0) is 6.97. The topological polar surface area (TPSA) is 74.4 Å². The highest BCUT2D eigenvalue weighted by Crippen LogP contribution is 1.93. The van der Waals surface area contributed by atoms with Crippen molar-refractivity contribution in [1.29, 1.82) is 0 Å². The van der Waals surface area contributed by atoms with Crippen LogP contribution in [0.3, 0.4) is 0 Å². The number of hydrogen-bond donors (Lipinski definition) is 2. The summed E-state index contributed by atoms with van der Waals surface area (Å²) in [6.45, 7) is 0. The second-order valence-electron chi connectivity index (χ2n) is 1.83. The lowest BCUT2D eigenvalue weighted by atomic mass is 10.7. The van der Waals surface area contributed by atoms with Crippen LogP contribution >= 0.6 is 24.8 Å². The molecule has 2 aromatic heterocycles. The molecule has 66 valence electrons. The van der Waals surface area contributed by atoms with Gasteiger partial charge in [-0.05, 0) is 0 Å². The first-order chi connectivity index (χ1) is 4.86. The Morgan fingerprint density at radius 2 is 1.42 bits per heavy atom. The number of aromatic nitrogens is 4. The second kappa shape index (κ2) is 4.08. The Labute approximate surface area is 79.4 Å². The molecule has 2 aromatic rings. The Hall–Kier alpha value is -1.07. The van der Waals surface area contributed by atoms with Gasteiger partial charge in [-0.1, -0.05) is 0 Å². The van der Waals surface area contributed by atoms with Crippen LogP contribution in [0.5, 0.6) is 0 Å². The first-order valence-electron chi connectivity index (χ1n) is 2.75. The molecule has 0 unspecified atom stereocenters. The Morgan fingerprint density at radius 3 is 1.83 bits per heavy atom. The third kappa shape index (κ3) is 1.75. The lowest BCUT2D eigenvalue weighted by Crippen LogP contribution is -1.99. The standard InChI is InChI=1S/C5H4N4O.2ClH/c10-5-8-3-4(9-5)7-2-1-6-3;;/h1-2H,(H2,6,7,8,9,10);2*1H. The van der Waals surface area contributed by atoms with Gasteiger partial charge in [-0.25, -0.2) is 14.8 Å². The fourth-order valence-electron chi connectivity index (χ4n) is 0.767. The summed E-state index contributed by atoms with van der Waals surface area (Å²) in [7, 11) is 0. The van der Waals surface area contributed by atoms with Gasteiger partial charge in [0.1, 0.15) is 0 Å². The third-order valence-corrected chi connectivity index (χ3v) is 1.16. The molecule has 5 nitrogen and oxygen atoms in total. The van der Waals surface area contributed by atoms with Crippen LogP contribution in [0.25, 0.3) is 11.3 Å². The summed E-state index contributed by atoms with van der Waals surface area (Å²) < 4.78 is 0. The summed E-state index contributed by atoms with van der Waals surface area (Å²) >= 11 is 0. The van der Waals surface area contributed by atoms with Crippen LogP contribution in [0.4, 0.5) is 0 Å². The fourth-order valence-corrected chi connectivity index (χ4v) is 0.767. The number of halogens is 2. The number of aromatic amines is 2. The van der Waals surface area contributed by atoms with Crippen molar-refractivity contribution >= 4 is 36.1 Å². The number of imidazole rings is 1. The Kier molecular flexibility index (Phi) is 3.72. The minimum absolute atomic E-state index is 0. The van der Waals surface area contributed by atoms with Gasteiger partial charge >= 0.3 is 5.69 Å². The molecule has 0 atom stereocenters. The van der Waals surface area contributed by atoms with E-state index in [-0.39, 0.29) is 30.5 Å². The van der Waals surface area contributed by atoms with Crippen molar-refractivity contribution in [2.45, 2.75) is 0 Å². The van der Waals surface area contributed by atoms with Gasteiger partial charge in [0, 0.05) is 12.4 Å². The van der Waals surface area contributed by atoms with E-state index in [1.165, 1.54) is 12.4 Å². The molecule has 0 spiro atoms. The van der Waals surface area contributed by atoms with Crippen LogP contribution in [0.1, 0.15) is 0 Å². The van der Waals surface area contributed by atoms with Crippen molar-refractivity contribution in [3.05, 3.63) is 22.9 Å². The highest BCUT2D eigenvalue weighted by molar-refractivity contribution is 5.85. The monoisotopic (exact) mass is 208 g/mol. The second-order valence-corrected chi connectivity index (χ2v) is 1.83. The SMILES string of the molecule is Cl.Cl.O=c1[nH]c2nccnc2[nH]1. The number of H-pyrrole nitrogens is 2. The van der Waals surface area contributed by atoms with E-state index < -0.39 is 0 Å². The molecule has 7 heteroatoms. The number of nitrogens with zero attached hydrogens (tertiary/aromatic N) is 2. The van der Waals surface area contributed by atoms with E-state index in [0.29, 0.717) is 11.3 Å². The van der Waals surface area contributed by atoms with Crippen molar-refractivity contribution in [2.75, 3.05) is 0 Å². The molecular formula is C5H6Cl2N4O. The molecule has 12 heavy (non-hydrogen) atoms. The van der Waals surface area contributed by atoms with E-state index in [0.717, 1.165) is 0 Å². The highest BCUT2D eigenvalue weighted by Gasteiger charge is 1.95. The van der Waals surface area contributed by atoms with E-state index in [4.69, 9.17) is 0 Å². The maximum absolute atomic E-state index is 10.6. The van der Waals surface area contributed by atoms with Gasteiger partial charge < -0.3 is 0 Å². The summed E-state index contributed by atoms with van der Waals surface area (Å²) in [4.78, 5) is 23.3. The summed E-state index contributed by atoms with van der Waals surface area (Å²) in [5.41, 5.74) is 0.709. The zero-order valence-electron chi connectivity index (χ0n) is 5.77. The lowest BCUT2D eigenvalue weighted by Gasteiger charge is -1.80. The predicted molar refractivity (Wildman–Crippen MR) is 49.0 cm³/mol. The molecule has 0 amide bonds. The average molecular weight is 209 g/mol. The van der Waals surface area contributed by atoms with Crippen LogP contribution in [-0.2, 0) is 0 Å².